The molecule has 3 aromatic carbocycles. The second kappa shape index (κ2) is 16.5. The Labute approximate surface area is 278 Å². The quantitative estimate of drug-likeness (QED) is 0.0790. The second-order valence-corrected chi connectivity index (χ2v) is 10.9. The van der Waals surface area contributed by atoms with E-state index in [0.29, 0.717) is 22.3 Å². The minimum atomic E-state index is -0.691. The van der Waals surface area contributed by atoms with Gasteiger partial charge in [0.1, 0.15) is 5.82 Å². The number of hydrogen-bond acceptors (Lipinski definition) is 8. The first-order valence-corrected chi connectivity index (χ1v) is 14.6. The van der Waals surface area contributed by atoms with Crippen LogP contribution in [0.1, 0.15) is 49.9 Å². The van der Waals surface area contributed by atoms with E-state index in [4.69, 9.17) is 18.9 Å². The molecule has 0 aliphatic rings. The highest BCUT2D eigenvalue weighted by Crippen LogP contribution is 2.32. The van der Waals surface area contributed by atoms with Crippen LogP contribution in [0.2, 0.25) is 0 Å². The van der Waals surface area contributed by atoms with Crippen molar-refractivity contribution in [3.8, 4) is 23.0 Å². The van der Waals surface area contributed by atoms with Gasteiger partial charge >= 0.3 is 23.9 Å². The molecule has 0 amide bonds. The van der Waals surface area contributed by atoms with Gasteiger partial charge in [-0.2, -0.15) is 0 Å². The van der Waals surface area contributed by atoms with Crippen molar-refractivity contribution in [1.82, 2.24) is 0 Å². The van der Waals surface area contributed by atoms with E-state index in [9.17, 15) is 19.2 Å². The van der Waals surface area contributed by atoms with Crippen LogP contribution in [0.15, 0.2) is 109 Å². The maximum Gasteiger partial charge on any atom is 0.338 e. The first-order chi connectivity index (χ1) is 22.6. The summed E-state index contributed by atoms with van der Waals surface area (Å²) in [5.41, 5.74) is 2.88. The van der Waals surface area contributed by atoms with E-state index >= 15 is 4.39 Å². The maximum absolute atomic E-state index is 15.0. The Morgan fingerprint density at radius 1 is 0.542 bits per heavy atom. The largest absolute Gasteiger partial charge is 0.419 e. The molecule has 0 saturated heterocycles. The van der Waals surface area contributed by atoms with Crippen LogP contribution in [0.25, 0.3) is 18.2 Å². The van der Waals surface area contributed by atoms with Gasteiger partial charge in [-0.25, -0.2) is 23.6 Å². The zero-order chi connectivity index (χ0) is 35.5. The van der Waals surface area contributed by atoms with E-state index in [-0.39, 0.29) is 51.7 Å². The Kier molecular flexibility index (Phi) is 12.5. The lowest BCUT2D eigenvalue weighted by Crippen LogP contribution is -2.12. The van der Waals surface area contributed by atoms with Gasteiger partial charge in [0.25, 0.3) is 0 Å². The van der Waals surface area contributed by atoms with E-state index in [2.05, 4.69) is 26.3 Å². The van der Waals surface area contributed by atoms with Gasteiger partial charge in [-0.15, -0.1) is 0 Å². The Bertz CT molecular complexity index is 1890. The van der Waals surface area contributed by atoms with Gasteiger partial charge < -0.3 is 18.9 Å². The van der Waals surface area contributed by atoms with Gasteiger partial charge in [0.05, 0.1) is 0 Å². The number of hydrogen-bond donors (Lipinski definition) is 0. The number of carbonyl (C=O) groups is 4. The number of rotatable bonds is 13. The fraction of sp³-hybridized carbons (Fsp3) is 0.128. The molecule has 0 aliphatic heterocycles. The van der Waals surface area contributed by atoms with Crippen molar-refractivity contribution in [3.05, 3.63) is 137 Å². The molecule has 9 heteroatoms. The predicted molar refractivity (Wildman–Crippen MR) is 183 cm³/mol. The predicted octanol–water partition coefficient (Wildman–Crippen LogP) is 8.18. The molecule has 0 saturated carbocycles. The summed E-state index contributed by atoms with van der Waals surface area (Å²) >= 11 is 0. The van der Waals surface area contributed by atoms with E-state index in [1.807, 2.05) is 0 Å². The van der Waals surface area contributed by atoms with E-state index in [1.54, 1.807) is 48.6 Å². The Hall–Kier alpha value is -6.09. The zero-order valence-corrected chi connectivity index (χ0v) is 27.2. The number of esters is 4. The molecule has 0 fully saturated rings. The lowest BCUT2D eigenvalue weighted by molar-refractivity contribution is -0.132. The number of allylic oxidation sites excluding steroid dienone is 1. The van der Waals surface area contributed by atoms with Gasteiger partial charge in [0.15, 0.2) is 23.0 Å². The van der Waals surface area contributed by atoms with Crippen molar-refractivity contribution in [3.63, 3.8) is 0 Å². The molecule has 0 bridgehead atoms. The van der Waals surface area contributed by atoms with Gasteiger partial charge in [0.2, 0.25) is 0 Å². The summed E-state index contributed by atoms with van der Waals surface area (Å²) in [7, 11) is 0. The molecular formula is C39H35FO8. The number of halogens is 1. The maximum atomic E-state index is 15.0. The molecule has 0 spiro atoms. The SMILES string of the molecule is C=C(C)C(=O)Oc1ccc(/C=C/Cc2ccc(/C=C/c3ccc(OC(=O)C(=C)C)c(OC(=O)C(=C)C)c3)cc2F)cc1OC(=O)C(=C)C. The van der Waals surface area contributed by atoms with E-state index in [0.717, 1.165) is 0 Å². The van der Waals surface area contributed by atoms with Crippen molar-refractivity contribution < 1.29 is 42.5 Å². The highest BCUT2D eigenvalue weighted by Gasteiger charge is 2.17. The van der Waals surface area contributed by atoms with E-state index in [1.165, 1.54) is 58.0 Å². The molecule has 0 aromatic heterocycles. The molecule has 0 atom stereocenters. The molecular weight excluding hydrogens is 615 g/mol. The summed E-state index contributed by atoms with van der Waals surface area (Å²) in [6.45, 7) is 20.2. The van der Waals surface area contributed by atoms with Gasteiger partial charge in [-0.05, 0) is 86.7 Å². The Balaban J connectivity index is 1.77. The van der Waals surface area contributed by atoms with Crippen molar-refractivity contribution in [1.29, 1.82) is 0 Å². The van der Waals surface area contributed by atoms with Gasteiger partial charge in [-0.1, -0.05) is 74.9 Å². The minimum absolute atomic E-state index is 0.0108. The highest BCUT2D eigenvalue weighted by molar-refractivity contribution is 5.92. The van der Waals surface area contributed by atoms with Crippen LogP contribution in [-0.4, -0.2) is 23.9 Å². The van der Waals surface area contributed by atoms with Crippen LogP contribution < -0.4 is 18.9 Å². The normalized spacial score (nSPS) is 10.8. The summed E-state index contributed by atoms with van der Waals surface area (Å²) in [5, 5.41) is 0. The van der Waals surface area contributed by atoms with Crippen LogP contribution in [0.3, 0.4) is 0 Å². The molecule has 0 aliphatic carbocycles. The minimum Gasteiger partial charge on any atom is -0.419 e. The zero-order valence-electron chi connectivity index (χ0n) is 27.2. The van der Waals surface area contributed by atoms with Crippen LogP contribution in [0.4, 0.5) is 4.39 Å². The van der Waals surface area contributed by atoms with Crippen LogP contribution in [-0.2, 0) is 25.6 Å². The lowest BCUT2D eigenvalue weighted by atomic mass is 10.1. The molecule has 8 nitrogen and oxygen atoms in total. The standard InChI is InChI=1S/C39H35FO8/c1-23(2)36(41)45-32-18-15-27(21-34(32)47-38(43)25(5)6)10-9-11-30-17-14-28(20-31(30)40)12-13-29-16-19-33(46-37(42)24(3)4)35(22-29)48-39(44)26(7)8/h9-10,12-22H,1,3,5,7,11H2,2,4,6,8H3/b10-9+,13-12+. The number of carbonyl (C=O) groups excluding carboxylic acids is 4. The average molecular weight is 651 g/mol. The van der Waals surface area contributed by atoms with Crippen LogP contribution >= 0.6 is 0 Å². The topological polar surface area (TPSA) is 105 Å². The molecule has 0 radical (unpaired) electrons. The first kappa shape index (κ1) is 36.4. The second-order valence-electron chi connectivity index (χ2n) is 10.9. The third-order valence-electron chi connectivity index (χ3n) is 6.33. The number of benzene rings is 3. The molecule has 0 N–H and O–H groups in total. The van der Waals surface area contributed by atoms with Crippen LogP contribution in [0.5, 0.6) is 23.0 Å². The smallest absolute Gasteiger partial charge is 0.338 e. The molecule has 3 aromatic rings. The summed E-state index contributed by atoms with van der Waals surface area (Å²) in [5.74, 6) is -3.06. The molecule has 0 heterocycles. The third-order valence-corrected chi connectivity index (χ3v) is 6.33. The fourth-order valence-corrected chi connectivity index (χ4v) is 3.68. The Morgan fingerprint density at radius 2 is 0.896 bits per heavy atom. The Morgan fingerprint density at radius 3 is 1.29 bits per heavy atom. The summed E-state index contributed by atoms with van der Waals surface area (Å²) in [6, 6.07) is 14.1. The third kappa shape index (κ3) is 10.5. The molecule has 3 rings (SSSR count). The summed E-state index contributed by atoms with van der Waals surface area (Å²) in [6.07, 6.45) is 7.07. The van der Waals surface area contributed by atoms with Crippen LogP contribution in [0, 0.1) is 5.82 Å². The lowest BCUT2D eigenvalue weighted by Gasteiger charge is -2.11. The molecule has 48 heavy (non-hydrogen) atoms. The van der Waals surface area contributed by atoms with Crippen molar-refractivity contribution in [2.45, 2.75) is 34.1 Å². The highest BCUT2D eigenvalue weighted by atomic mass is 19.1. The van der Waals surface area contributed by atoms with Crippen molar-refractivity contribution in [2.24, 2.45) is 0 Å². The van der Waals surface area contributed by atoms with Crippen molar-refractivity contribution in [2.75, 3.05) is 0 Å². The summed E-state index contributed by atoms with van der Waals surface area (Å²) in [4.78, 5) is 48.4. The van der Waals surface area contributed by atoms with Gasteiger partial charge in [0, 0.05) is 22.3 Å². The van der Waals surface area contributed by atoms with E-state index < -0.39 is 29.7 Å². The average Bonchev–Trinajstić information content (AvgIpc) is 3.02. The summed E-state index contributed by atoms with van der Waals surface area (Å²) < 4.78 is 36.3. The number of ether oxygens (including phenoxy) is 4. The molecule has 0 unspecified atom stereocenters. The first-order valence-electron chi connectivity index (χ1n) is 14.6. The van der Waals surface area contributed by atoms with Gasteiger partial charge in [-0.3, -0.25) is 0 Å². The molecule has 246 valence electrons. The fourth-order valence-electron chi connectivity index (χ4n) is 3.68. The monoisotopic (exact) mass is 650 g/mol. The van der Waals surface area contributed by atoms with Crippen molar-refractivity contribution >= 4 is 42.1 Å².